The quantitative estimate of drug-likeness (QED) is 0.851. The molecule has 0 unspecified atom stereocenters. The van der Waals surface area contributed by atoms with Crippen molar-refractivity contribution in [3.8, 4) is 11.1 Å². The monoisotopic (exact) mass is 288 g/mol. The van der Waals surface area contributed by atoms with Gasteiger partial charge in [0.2, 0.25) is 0 Å². The van der Waals surface area contributed by atoms with E-state index in [9.17, 15) is 8.42 Å². The van der Waals surface area contributed by atoms with Crippen LogP contribution >= 0.6 is 0 Å². The van der Waals surface area contributed by atoms with E-state index in [0.29, 0.717) is 4.90 Å². The molecular weight excluding hydrogens is 268 g/mol. The number of sulfone groups is 1. The van der Waals surface area contributed by atoms with Crippen LogP contribution in [0.2, 0.25) is 0 Å². The second-order valence-electron chi connectivity index (χ2n) is 5.20. The Morgan fingerprint density at radius 2 is 1.80 bits per heavy atom. The lowest BCUT2D eigenvalue weighted by atomic mass is 9.97. The molecule has 0 radical (unpaired) electrons. The summed E-state index contributed by atoms with van der Waals surface area (Å²) in [7, 11) is -3.17. The summed E-state index contributed by atoms with van der Waals surface area (Å²) in [5.41, 5.74) is 4.53. The Bertz CT molecular complexity index is 716. The Kier molecular flexibility index (Phi) is 4.29. The van der Waals surface area contributed by atoms with E-state index < -0.39 is 9.84 Å². The Morgan fingerprint density at radius 1 is 1.05 bits per heavy atom. The van der Waals surface area contributed by atoms with Gasteiger partial charge in [-0.25, -0.2) is 8.42 Å². The van der Waals surface area contributed by atoms with E-state index in [4.69, 9.17) is 0 Å². The SMILES string of the molecule is CCCc1ccc(C)c(-c2cccc(S(C)(=O)=O)c2)c1. The van der Waals surface area contributed by atoms with Gasteiger partial charge in [-0.3, -0.25) is 0 Å². The topological polar surface area (TPSA) is 34.1 Å². The van der Waals surface area contributed by atoms with Crippen molar-refractivity contribution in [2.24, 2.45) is 0 Å². The van der Waals surface area contributed by atoms with Crippen LogP contribution in [0.4, 0.5) is 0 Å². The van der Waals surface area contributed by atoms with Crippen LogP contribution < -0.4 is 0 Å². The van der Waals surface area contributed by atoms with Gasteiger partial charge in [-0.15, -0.1) is 0 Å². The van der Waals surface area contributed by atoms with Crippen molar-refractivity contribution in [1.29, 1.82) is 0 Å². The molecule has 2 nitrogen and oxygen atoms in total. The Hall–Kier alpha value is -1.61. The van der Waals surface area contributed by atoms with E-state index in [2.05, 4.69) is 32.0 Å². The molecule has 0 aliphatic heterocycles. The molecule has 20 heavy (non-hydrogen) atoms. The summed E-state index contributed by atoms with van der Waals surface area (Å²) in [5.74, 6) is 0. The molecule has 0 aromatic heterocycles. The fraction of sp³-hybridized carbons (Fsp3) is 0.294. The molecule has 2 aromatic carbocycles. The first kappa shape index (κ1) is 14.8. The van der Waals surface area contributed by atoms with Crippen molar-refractivity contribution in [1.82, 2.24) is 0 Å². The molecule has 0 amide bonds. The van der Waals surface area contributed by atoms with Crippen LogP contribution in [0.15, 0.2) is 47.4 Å². The van der Waals surface area contributed by atoms with Gasteiger partial charge < -0.3 is 0 Å². The van der Waals surface area contributed by atoms with Crippen molar-refractivity contribution in [3.63, 3.8) is 0 Å². The van der Waals surface area contributed by atoms with E-state index in [1.807, 2.05) is 6.07 Å². The van der Waals surface area contributed by atoms with Crippen LogP contribution in [0, 0.1) is 6.92 Å². The predicted molar refractivity (Wildman–Crippen MR) is 83.7 cm³/mol. The molecule has 0 saturated heterocycles. The van der Waals surface area contributed by atoms with Crippen LogP contribution in [0.25, 0.3) is 11.1 Å². The van der Waals surface area contributed by atoms with E-state index in [0.717, 1.165) is 29.5 Å². The van der Waals surface area contributed by atoms with Gasteiger partial charge in [0.05, 0.1) is 4.90 Å². The zero-order chi connectivity index (χ0) is 14.8. The first-order valence-electron chi connectivity index (χ1n) is 6.82. The second kappa shape index (κ2) is 5.80. The standard InChI is InChI=1S/C17H20O2S/c1-4-6-14-10-9-13(2)17(11-14)15-7-5-8-16(12-15)20(3,18)19/h5,7-12H,4,6H2,1-3H3. The van der Waals surface area contributed by atoms with Crippen LogP contribution in [0.3, 0.4) is 0 Å². The number of rotatable bonds is 4. The summed E-state index contributed by atoms with van der Waals surface area (Å²) in [6.45, 7) is 4.21. The highest BCUT2D eigenvalue weighted by Crippen LogP contribution is 2.27. The van der Waals surface area contributed by atoms with Gasteiger partial charge in [-0.2, -0.15) is 0 Å². The lowest BCUT2D eigenvalue weighted by Gasteiger charge is -2.10. The Balaban J connectivity index is 2.53. The lowest BCUT2D eigenvalue weighted by molar-refractivity contribution is 0.602. The minimum atomic E-state index is -3.17. The first-order chi connectivity index (χ1) is 9.41. The van der Waals surface area contributed by atoms with Crippen molar-refractivity contribution < 1.29 is 8.42 Å². The van der Waals surface area contributed by atoms with Gasteiger partial charge in [0.15, 0.2) is 9.84 Å². The Labute approximate surface area is 121 Å². The number of hydrogen-bond donors (Lipinski definition) is 0. The highest BCUT2D eigenvalue weighted by Gasteiger charge is 2.10. The molecule has 0 spiro atoms. The normalized spacial score (nSPS) is 11.6. The van der Waals surface area contributed by atoms with E-state index >= 15 is 0 Å². The maximum absolute atomic E-state index is 11.7. The minimum Gasteiger partial charge on any atom is -0.224 e. The predicted octanol–water partition coefficient (Wildman–Crippen LogP) is 4.02. The van der Waals surface area contributed by atoms with Gasteiger partial charge in [-0.05, 0) is 47.7 Å². The minimum absolute atomic E-state index is 0.371. The third-order valence-corrected chi connectivity index (χ3v) is 4.52. The van der Waals surface area contributed by atoms with Crippen molar-refractivity contribution in [3.05, 3.63) is 53.6 Å². The second-order valence-corrected chi connectivity index (χ2v) is 7.22. The number of aryl methyl sites for hydroxylation is 2. The van der Waals surface area contributed by atoms with E-state index in [1.165, 1.54) is 11.8 Å². The maximum Gasteiger partial charge on any atom is 0.175 e. The molecule has 2 aromatic rings. The lowest BCUT2D eigenvalue weighted by Crippen LogP contribution is -1.97. The molecule has 3 heteroatoms. The van der Waals surface area contributed by atoms with Crippen molar-refractivity contribution in [2.45, 2.75) is 31.6 Å². The Morgan fingerprint density at radius 3 is 2.45 bits per heavy atom. The third-order valence-electron chi connectivity index (χ3n) is 3.41. The molecular formula is C17H20O2S. The highest BCUT2D eigenvalue weighted by molar-refractivity contribution is 7.90. The highest BCUT2D eigenvalue weighted by atomic mass is 32.2. The molecule has 0 bridgehead atoms. The van der Waals surface area contributed by atoms with Gasteiger partial charge in [-0.1, -0.05) is 43.7 Å². The van der Waals surface area contributed by atoms with Crippen LogP contribution in [-0.4, -0.2) is 14.7 Å². The smallest absolute Gasteiger partial charge is 0.175 e. The van der Waals surface area contributed by atoms with Crippen molar-refractivity contribution >= 4 is 9.84 Å². The summed E-state index contributed by atoms with van der Waals surface area (Å²) in [4.78, 5) is 0.371. The first-order valence-corrected chi connectivity index (χ1v) is 8.71. The average molecular weight is 288 g/mol. The summed E-state index contributed by atoms with van der Waals surface area (Å²) >= 11 is 0. The fourth-order valence-electron chi connectivity index (χ4n) is 2.32. The summed E-state index contributed by atoms with van der Waals surface area (Å²) < 4.78 is 23.3. The molecule has 0 saturated carbocycles. The molecule has 0 aliphatic rings. The molecule has 0 N–H and O–H groups in total. The van der Waals surface area contributed by atoms with Crippen LogP contribution in [-0.2, 0) is 16.3 Å². The number of hydrogen-bond acceptors (Lipinski definition) is 2. The zero-order valence-electron chi connectivity index (χ0n) is 12.2. The van der Waals surface area contributed by atoms with Gasteiger partial charge in [0, 0.05) is 6.26 Å². The summed E-state index contributed by atoms with van der Waals surface area (Å²) in [6.07, 6.45) is 3.39. The largest absolute Gasteiger partial charge is 0.224 e. The average Bonchev–Trinajstić information content (AvgIpc) is 2.40. The molecule has 0 heterocycles. The molecule has 0 atom stereocenters. The van der Waals surface area contributed by atoms with Crippen LogP contribution in [0.1, 0.15) is 24.5 Å². The summed E-state index contributed by atoms with van der Waals surface area (Å²) in [6, 6.07) is 13.6. The zero-order valence-corrected chi connectivity index (χ0v) is 13.0. The van der Waals surface area contributed by atoms with E-state index in [-0.39, 0.29) is 0 Å². The maximum atomic E-state index is 11.7. The summed E-state index contributed by atoms with van der Waals surface area (Å²) in [5, 5.41) is 0. The number of benzene rings is 2. The van der Waals surface area contributed by atoms with Gasteiger partial charge >= 0.3 is 0 Å². The van der Waals surface area contributed by atoms with Crippen LogP contribution in [0.5, 0.6) is 0 Å². The third kappa shape index (κ3) is 3.28. The molecule has 2 rings (SSSR count). The van der Waals surface area contributed by atoms with Gasteiger partial charge in [0.25, 0.3) is 0 Å². The fourth-order valence-corrected chi connectivity index (χ4v) is 2.99. The van der Waals surface area contributed by atoms with Gasteiger partial charge in [0.1, 0.15) is 0 Å². The molecule has 0 aliphatic carbocycles. The molecule has 106 valence electrons. The van der Waals surface area contributed by atoms with Crippen molar-refractivity contribution in [2.75, 3.05) is 6.26 Å². The van der Waals surface area contributed by atoms with E-state index in [1.54, 1.807) is 18.2 Å². The molecule has 0 fully saturated rings.